The molecule has 0 aliphatic heterocycles. The summed E-state index contributed by atoms with van der Waals surface area (Å²) in [6.45, 7) is 2.76. The minimum Gasteiger partial charge on any atom is -0.388 e. The van der Waals surface area contributed by atoms with Crippen molar-refractivity contribution in [3.05, 3.63) is 35.9 Å². The topological polar surface area (TPSA) is 58.6 Å². The number of carbonyl (C=O) groups excluding carboxylic acids is 1. The molecule has 3 atom stereocenters. The van der Waals surface area contributed by atoms with Crippen molar-refractivity contribution in [3.8, 4) is 0 Å². The number of benzene rings is 1. The highest BCUT2D eigenvalue weighted by Gasteiger charge is 2.59. The van der Waals surface area contributed by atoms with E-state index in [1.54, 1.807) is 0 Å². The van der Waals surface area contributed by atoms with Gasteiger partial charge < -0.3 is 15.2 Å². The van der Waals surface area contributed by atoms with Crippen LogP contribution in [0.25, 0.3) is 0 Å². The van der Waals surface area contributed by atoms with Gasteiger partial charge in [0.1, 0.15) is 0 Å². The highest BCUT2D eigenvalue weighted by Crippen LogP contribution is 2.57. The van der Waals surface area contributed by atoms with Crippen molar-refractivity contribution in [2.24, 2.45) is 5.41 Å². The second-order valence-corrected chi connectivity index (χ2v) is 6.52. The first kappa shape index (κ1) is 15.5. The van der Waals surface area contributed by atoms with Gasteiger partial charge in [-0.1, -0.05) is 36.8 Å². The SMILES string of the molecule is CCOC1CC(NC(=O)CC(O)c2ccccc2)C12CCC2. The molecule has 1 spiro atoms. The van der Waals surface area contributed by atoms with Gasteiger partial charge in [-0.2, -0.15) is 0 Å². The molecule has 0 saturated heterocycles. The zero-order chi connectivity index (χ0) is 15.6. The second-order valence-electron chi connectivity index (χ2n) is 6.52. The maximum absolute atomic E-state index is 12.2. The van der Waals surface area contributed by atoms with E-state index in [4.69, 9.17) is 4.74 Å². The Hall–Kier alpha value is -1.39. The van der Waals surface area contributed by atoms with Crippen molar-refractivity contribution in [3.63, 3.8) is 0 Å². The number of aliphatic hydroxyl groups excluding tert-OH is 1. The van der Waals surface area contributed by atoms with E-state index in [1.165, 1.54) is 6.42 Å². The van der Waals surface area contributed by atoms with E-state index in [2.05, 4.69) is 5.32 Å². The lowest BCUT2D eigenvalue weighted by Crippen LogP contribution is -2.67. The molecule has 4 heteroatoms. The third kappa shape index (κ3) is 2.77. The zero-order valence-electron chi connectivity index (χ0n) is 13.1. The Morgan fingerprint density at radius 3 is 2.73 bits per heavy atom. The molecule has 22 heavy (non-hydrogen) atoms. The maximum atomic E-state index is 12.2. The van der Waals surface area contributed by atoms with Gasteiger partial charge in [-0.15, -0.1) is 0 Å². The van der Waals surface area contributed by atoms with E-state index < -0.39 is 6.10 Å². The highest BCUT2D eigenvalue weighted by atomic mass is 16.5. The van der Waals surface area contributed by atoms with Crippen LogP contribution in [0.3, 0.4) is 0 Å². The zero-order valence-corrected chi connectivity index (χ0v) is 13.1. The molecule has 1 aromatic rings. The molecule has 0 aromatic heterocycles. The minimum atomic E-state index is -0.735. The van der Waals surface area contributed by atoms with E-state index >= 15 is 0 Å². The maximum Gasteiger partial charge on any atom is 0.223 e. The molecule has 2 aliphatic carbocycles. The molecule has 0 heterocycles. The number of carbonyl (C=O) groups is 1. The van der Waals surface area contributed by atoms with Crippen LogP contribution in [0.2, 0.25) is 0 Å². The van der Waals surface area contributed by atoms with Gasteiger partial charge in [0.2, 0.25) is 5.91 Å². The molecule has 120 valence electrons. The Balaban J connectivity index is 1.52. The largest absolute Gasteiger partial charge is 0.388 e. The van der Waals surface area contributed by atoms with Gasteiger partial charge in [0, 0.05) is 18.1 Å². The number of hydrogen-bond donors (Lipinski definition) is 2. The van der Waals surface area contributed by atoms with E-state index in [9.17, 15) is 9.90 Å². The van der Waals surface area contributed by atoms with Crippen molar-refractivity contribution < 1.29 is 14.6 Å². The van der Waals surface area contributed by atoms with Crippen LogP contribution in [0.5, 0.6) is 0 Å². The summed E-state index contributed by atoms with van der Waals surface area (Å²) in [4.78, 5) is 12.2. The van der Waals surface area contributed by atoms with Crippen molar-refractivity contribution in [2.75, 3.05) is 6.61 Å². The van der Waals surface area contributed by atoms with Crippen LogP contribution in [0.15, 0.2) is 30.3 Å². The standard InChI is InChI=1S/C18H25NO3/c1-2-22-16-12-15(18(16)9-6-10-18)19-17(21)11-14(20)13-7-4-3-5-8-13/h3-5,7-8,14-16,20H,2,6,9-12H2,1H3,(H,19,21). The van der Waals surface area contributed by atoms with Gasteiger partial charge in [-0.05, 0) is 31.7 Å². The average molecular weight is 303 g/mol. The Kier molecular flexibility index (Phi) is 4.50. The molecule has 0 bridgehead atoms. The van der Waals surface area contributed by atoms with Gasteiger partial charge in [-0.25, -0.2) is 0 Å². The summed E-state index contributed by atoms with van der Waals surface area (Å²) >= 11 is 0. The van der Waals surface area contributed by atoms with Gasteiger partial charge in [-0.3, -0.25) is 4.79 Å². The normalized spacial score (nSPS) is 26.8. The Labute approximate surface area is 131 Å². The molecule has 1 amide bonds. The predicted molar refractivity (Wildman–Crippen MR) is 84.3 cm³/mol. The van der Waals surface area contributed by atoms with Crippen LogP contribution >= 0.6 is 0 Å². The van der Waals surface area contributed by atoms with Crippen LogP contribution in [0, 0.1) is 5.41 Å². The monoisotopic (exact) mass is 303 g/mol. The van der Waals surface area contributed by atoms with Gasteiger partial charge in [0.25, 0.3) is 0 Å². The van der Waals surface area contributed by atoms with E-state index in [-0.39, 0.29) is 23.8 Å². The summed E-state index contributed by atoms with van der Waals surface area (Å²) in [7, 11) is 0. The molecular formula is C18H25NO3. The van der Waals surface area contributed by atoms with E-state index in [0.717, 1.165) is 31.4 Å². The molecule has 1 aromatic carbocycles. The lowest BCUT2D eigenvalue weighted by Gasteiger charge is -2.61. The minimum absolute atomic E-state index is 0.0671. The van der Waals surface area contributed by atoms with Gasteiger partial charge in [0.05, 0.1) is 18.6 Å². The molecule has 0 radical (unpaired) electrons. The number of aliphatic hydroxyl groups is 1. The quantitative estimate of drug-likeness (QED) is 0.849. The Morgan fingerprint density at radius 1 is 1.41 bits per heavy atom. The number of amides is 1. The van der Waals surface area contributed by atoms with Crippen molar-refractivity contribution in [1.29, 1.82) is 0 Å². The third-order valence-corrected chi connectivity index (χ3v) is 5.34. The van der Waals surface area contributed by atoms with E-state index in [0.29, 0.717) is 6.10 Å². The summed E-state index contributed by atoms with van der Waals surface area (Å²) < 4.78 is 5.80. The molecule has 2 N–H and O–H groups in total. The first-order chi connectivity index (χ1) is 10.7. The third-order valence-electron chi connectivity index (χ3n) is 5.34. The van der Waals surface area contributed by atoms with Gasteiger partial charge in [0.15, 0.2) is 0 Å². The lowest BCUT2D eigenvalue weighted by molar-refractivity contribution is -0.176. The van der Waals surface area contributed by atoms with Crippen molar-refractivity contribution >= 4 is 5.91 Å². The Bertz CT molecular complexity index is 512. The number of hydrogen-bond acceptors (Lipinski definition) is 3. The van der Waals surface area contributed by atoms with Crippen LogP contribution in [-0.2, 0) is 9.53 Å². The summed E-state index contributed by atoms with van der Waals surface area (Å²) in [6.07, 6.45) is 4.10. The first-order valence-corrected chi connectivity index (χ1v) is 8.29. The molecule has 3 unspecified atom stereocenters. The number of nitrogens with one attached hydrogen (secondary N) is 1. The first-order valence-electron chi connectivity index (χ1n) is 8.29. The molecule has 4 nitrogen and oxygen atoms in total. The number of ether oxygens (including phenoxy) is 1. The van der Waals surface area contributed by atoms with Crippen LogP contribution in [0.1, 0.15) is 50.7 Å². The molecule has 2 saturated carbocycles. The molecule has 2 fully saturated rings. The van der Waals surface area contributed by atoms with Crippen LogP contribution in [0.4, 0.5) is 0 Å². The molecule has 3 rings (SSSR count). The highest BCUT2D eigenvalue weighted by molar-refractivity contribution is 5.77. The summed E-state index contributed by atoms with van der Waals surface area (Å²) in [5.41, 5.74) is 0.959. The number of rotatable bonds is 6. The fourth-order valence-electron chi connectivity index (χ4n) is 3.86. The summed E-state index contributed by atoms with van der Waals surface area (Å²) in [6, 6.07) is 9.56. The fraction of sp³-hybridized carbons (Fsp3) is 0.611. The summed E-state index contributed by atoms with van der Waals surface area (Å²) in [5.74, 6) is -0.0671. The van der Waals surface area contributed by atoms with Crippen molar-refractivity contribution in [2.45, 2.75) is 57.3 Å². The lowest BCUT2D eigenvalue weighted by atomic mass is 9.51. The average Bonchev–Trinajstić information content (AvgIpc) is 2.45. The smallest absolute Gasteiger partial charge is 0.223 e. The Morgan fingerprint density at radius 2 is 2.14 bits per heavy atom. The molecule has 2 aliphatic rings. The second kappa shape index (κ2) is 6.39. The van der Waals surface area contributed by atoms with Crippen LogP contribution < -0.4 is 5.32 Å². The summed E-state index contributed by atoms with van der Waals surface area (Å²) in [5, 5.41) is 13.3. The van der Waals surface area contributed by atoms with Crippen LogP contribution in [-0.4, -0.2) is 29.8 Å². The van der Waals surface area contributed by atoms with E-state index in [1.807, 2.05) is 37.3 Å². The van der Waals surface area contributed by atoms with Gasteiger partial charge >= 0.3 is 0 Å². The fourth-order valence-corrected chi connectivity index (χ4v) is 3.86. The predicted octanol–water partition coefficient (Wildman–Crippen LogP) is 2.57. The molecular weight excluding hydrogens is 278 g/mol. The van der Waals surface area contributed by atoms with Crippen molar-refractivity contribution in [1.82, 2.24) is 5.32 Å².